The zero-order valence-electron chi connectivity index (χ0n) is 9.84. The summed E-state index contributed by atoms with van der Waals surface area (Å²) in [6, 6.07) is 0. The van der Waals surface area contributed by atoms with E-state index in [0.717, 1.165) is 11.8 Å². The smallest absolute Gasteiger partial charge is 0.0812 e. The average molecular weight is 184 g/mol. The van der Waals surface area contributed by atoms with Gasteiger partial charge in [-0.05, 0) is 19.8 Å². The van der Waals surface area contributed by atoms with Gasteiger partial charge in [0.1, 0.15) is 0 Å². The number of hydrogen-bond acceptors (Lipinski definition) is 0. The topological polar surface area (TPSA) is 0 Å². The van der Waals surface area contributed by atoms with Crippen LogP contribution in [0.15, 0.2) is 0 Å². The molecule has 1 aliphatic rings. The molecule has 2 atom stereocenters. The molecule has 1 fully saturated rings. The Kier molecular flexibility index (Phi) is 3.78. The summed E-state index contributed by atoms with van der Waals surface area (Å²) >= 11 is 0. The molecule has 0 aliphatic carbocycles. The molecule has 13 heavy (non-hydrogen) atoms. The predicted octanol–water partition coefficient (Wildman–Crippen LogP) is 2.91. The standard InChI is InChI=1S/C12H26N/c1-5-7-13(6-2)9-11(3)8-12(4)10-13/h11-12H,5-10H2,1-4H3/q+1. The maximum absolute atomic E-state index is 2.42. The summed E-state index contributed by atoms with van der Waals surface area (Å²) in [4.78, 5) is 0. The van der Waals surface area contributed by atoms with Crippen LogP contribution in [0.5, 0.6) is 0 Å². The molecule has 0 bridgehead atoms. The summed E-state index contributed by atoms with van der Waals surface area (Å²) in [6.07, 6.45) is 2.79. The van der Waals surface area contributed by atoms with Crippen molar-refractivity contribution in [2.24, 2.45) is 11.8 Å². The highest BCUT2D eigenvalue weighted by atomic mass is 15.4. The third-order valence-electron chi connectivity index (χ3n) is 3.57. The zero-order chi connectivity index (χ0) is 9.90. The van der Waals surface area contributed by atoms with E-state index in [2.05, 4.69) is 27.7 Å². The van der Waals surface area contributed by atoms with E-state index in [1.807, 2.05) is 0 Å². The summed E-state index contributed by atoms with van der Waals surface area (Å²) in [7, 11) is 0. The molecule has 1 heterocycles. The van der Waals surface area contributed by atoms with Crippen molar-refractivity contribution >= 4 is 0 Å². The van der Waals surface area contributed by atoms with Gasteiger partial charge in [-0.15, -0.1) is 0 Å². The van der Waals surface area contributed by atoms with E-state index in [4.69, 9.17) is 0 Å². The first kappa shape index (κ1) is 11.0. The van der Waals surface area contributed by atoms with Crippen LogP contribution in [0.1, 0.15) is 40.5 Å². The van der Waals surface area contributed by atoms with Gasteiger partial charge in [0.25, 0.3) is 0 Å². The third-order valence-corrected chi connectivity index (χ3v) is 3.57. The van der Waals surface area contributed by atoms with Crippen molar-refractivity contribution in [3.8, 4) is 0 Å². The van der Waals surface area contributed by atoms with E-state index in [1.54, 1.807) is 0 Å². The fourth-order valence-electron chi connectivity index (χ4n) is 3.31. The van der Waals surface area contributed by atoms with Gasteiger partial charge >= 0.3 is 0 Å². The van der Waals surface area contributed by atoms with E-state index in [0.29, 0.717) is 0 Å². The molecule has 0 spiro atoms. The summed E-state index contributed by atoms with van der Waals surface area (Å²) < 4.78 is 1.39. The van der Waals surface area contributed by atoms with Gasteiger partial charge in [0, 0.05) is 11.8 Å². The molecule has 1 heteroatoms. The van der Waals surface area contributed by atoms with Crippen LogP contribution in [0.4, 0.5) is 0 Å². The Bertz CT molecular complexity index is 143. The Balaban J connectivity index is 2.62. The molecular weight excluding hydrogens is 158 g/mol. The number of nitrogens with zero attached hydrogens (tertiary/aromatic N) is 1. The SMILES string of the molecule is CCC[N+]1(CC)CC(C)CC(C)C1. The normalized spacial score (nSPS) is 40.6. The molecule has 1 rings (SSSR count). The van der Waals surface area contributed by atoms with Gasteiger partial charge in [-0.1, -0.05) is 20.8 Å². The second-order valence-corrected chi connectivity index (χ2v) is 5.19. The molecule has 0 aromatic heterocycles. The highest BCUT2D eigenvalue weighted by Gasteiger charge is 2.34. The second kappa shape index (κ2) is 4.45. The van der Waals surface area contributed by atoms with Crippen molar-refractivity contribution < 1.29 is 4.48 Å². The molecule has 2 unspecified atom stereocenters. The molecule has 0 N–H and O–H groups in total. The minimum atomic E-state index is 0.940. The first-order chi connectivity index (χ1) is 6.12. The minimum absolute atomic E-state index is 0.940. The van der Waals surface area contributed by atoms with Gasteiger partial charge in [0.2, 0.25) is 0 Å². The Hall–Kier alpha value is -0.0400. The molecule has 0 radical (unpaired) electrons. The molecule has 1 nitrogen and oxygen atoms in total. The van der Waals surface area contributed by atoms with E-state index < -0.39 is 0 Å². The Morgan fingerprint density at radius 2 is 1.62 bits per heavy atom. The van der Waals surface area contributed by atoms with Crippen molar-refractivity contribution in [2.45, 2.75) is 40.5 Å². The highest BCUT2D eigenvalue weighted by molar-refractivity contribution is 4.66. The first-order valence-electron chi connectivity index (χ1n) is 5.97. The van der Waals surface area contributed by atoms with E-state index in [-0.39, 0.29) is 0 Å². The lowest BCUT2D eigenvalue weighted by Crippen LogP contribution is -2.56. The van der Waals surface area contributed by atoms with Crippen molar-refractivity contribution in [3.63, 3.8) is 0 Å². The fourth-order valence-corrected chi connectivity index (χ4v) is 3.31. The van der Waals surface area contributed by atoms with Crippen LogP contribution in [-0.2, 0) is 0 Å². The van der Waals surface area contributed by atoms with Gasteiger partial charge in [-0.3, -0.25) is 0 Å². The van der Waals surface area contributed by atoms with Crippen LogP contribution in [0, 0.1) is 11.8 Å². The van der Waals surface area contributed by atoms with Crippen molar-refractivity contribution in [1.29, 1.82) is 0 Å². The molecule has 0 aromatic carbocycles. The molecule has 0 saturated carbocycles. The summed E-state index contributed by atoms with van der Waals surface area (Å²) in [6.45, 7) is 15.1. The van der Waals surface area contributed by atoms with Crippen LogP contribution in [0.2, 0.25) is 0 Å². The monoisotopic (exact) mass is 184 g/mol. The minimum Gasteiger partial charge on any atom is -0.323 e. The molecule has 78 valence electrons. The lowest BCUT2D eigenvalue weighted by molar-refractivity contribution is -0.937. The largest absolute Gasteiger partial charge is 0.323 e. The molecule has 0 amide bonds. The van der Waals surface area contributed by atoms with Crippen LogP contribution < -0.4 is 0 Å². The molecule has 1 aliphatic heterocycles. The lowest BCUT2D eigenvalue weighted by atomic mass is 9.89. The average Bonchev–Trinajstić information content (AvgIpc) is 2.03. The molecular formula is C12H26N+. The second-order valence-electron chi connectivity index (χ2n) is 5.19. The summed E-state index contributed by atoms with van der Waals surface area (Å²) in [5.74, 6) is 1.88. The fraction of sp³-hybridized carbons (Fsp3) is 1.00. The van der Waals surface area contributed by atoms with Gasteiger partial charge in [-0.2, -0.15) is 0 Å². The predicted molar refractivity (Wildman–Crippen MR) is 58.6 cm³/mol. The van der Waals surface area contributed by atoms with Gasteiger partial charge in [0.15, 0.2) is 0 Å². The van der Waals surface area contributed by atoms with Crippen LogP contribution in [0.3, 0.4) is 0 Å². The van der Waals surface area contributed by atoms with Crippen LogP contribution in [-0.4, -0.2) is 30.7 Å². The van der Waals surface area contributed by atoms with E-state index in [9.17, 15) is 0 Å². The lowest BCUT2D eigenvalue weighted by Gasteiger charge is -2.45. The van der Waals surface area contributed by atoms with Gasteiger partial charge in [-0.25, -0.2) is 0 Å². The van der Waals surface area contributed by atoms with E-state index in [1.165, 1.54) is 43.5 Å². The Morgan fingerprint density at radius 3 is 2.00 bits per heavy atom. The maximum atomic E-state index is 2.42. The van der Waals surface area contributed by atoms with E-state index >= 15 is 0 Å². The number of likely N-dealkylation sites (tertiary alicyclic amines) is 1. The van der Waals surface area contributed by atoms with Gasteiger partial charge < -0.3 is 4.48 Å². The number of quaternary nitrogens is 1. The first-order valence-corrected chi connectivity index (χ1v) is 5.97. The molecule has 1 saturated heterocycles. The van der Waals surface area contributed by atoms with Crippen molar-refractivity contribution in [1.82, 2.24) is 0 Å². The Labute approximate surface area is 83.7 Å². The summed E-state index contributed by atoms with van der Waals surface area (Å²) in [5.41, 5.74) is 0. The third kappa shape index (κ3) is 2.70. The highest BCUT2D eigenvalue weighted by Crippen LogP contribution is 2.27. The quantitative estimate of drug-likeness (QED) is 0.592. The Morgan fingerprint density at radius 1 is 1.08 bits per heavy atom. The maximum Gasteiger partial charge on any atom is 0.0812 e. The zero-order valence-corrected chi connectivity index (χ0v) is 9.84. The number of piperidine rings is 1. The summed E-state index contributed by atoms with van der Waals surface area (Å²) in [5, 5.41) is 0. The van der Waals surface area contributed by atoms with Crippen LogP contribution in [0.25, 0.3) is 0 Å². The molecule has 0 aromatic rings. The van der Waals surface area contributed by atoms with Crippen molar-refractivity contribution in [3.05, 3.63) is 0 Å². The van der Waals surface area contributed by atoms with Gasteiger partial charge in [0.05, 0.1) is 26.2 Å². The number of hydrogen-bond donors (Lipinski definition) is 0. The van der Waals surface area contributed by atoms with Crippen molar-refractivity contribution in [2.75, 3.05) is 26.2 Å². The van der Waals surface area contributed by atoms with Crippen LogP contribution >= 0.6 is 0 Å². The number of rotatable bonds is 3.